The van der Waals surface area contributed by atoms with E-state index in [-0.39, 0.29) is 24.2 Å². The smallest absolute Gasteiger partial charge is 0.229 e. The zero-order valence-electron chi connectivity index (χ0n) is 15.2. The van der Waals surface area contributed by atoms with E-state index in [1.165, 1.54) is 0 Å². The highest BCUT2D eigenvalue weighted by Gasteiger charge is 2.34. The first-order valence-corrected chi connectivity index (χ1v) is 8.93. The van der Waals surface area contributed by atoms with Gasteiger partial charge in [-0.2, -0.15) is 0 Å². The van der Waals surface area contributed by atoms with E-state index in [0.29, 0.717) is 35.3 Å². The number of rotatable bonds is 6. The third-order valence-electron chi connectivity index (χ3n) is 4.52. The first-order valence-electron chi connectivity index (χ1n) is 8.55. The van der Waals surface area contributed by atoms with Crippen LogP contribution in [-0.2, 0) is 16.1 Å². The Hall–Kier alpha value is -2.73. The highest BCUT2D eigenvalue weighted by Crippen LogP contribution is 2.29. The van der Waals surface area contributed by atoms with Crippen molar-refractivity contribution in [3.05, 3.63) is 53.1 Å². The fourth-order valence-electron chi connectivity index (χ4n) is 3.08. The standard InChI is InChI=1S/C20H21ClN2O4/c1-26-17-8-3-13(9-18(17)27-2)11-23-12-14(10-19(23)24)20(25)22-16-6-4-15(21)5-7-16/h3-9,14H,10-12H2,1-2H3,(H,22,25). The van der Waals surface area contributed by atoms with Gasteiger partial charge in [-0.3, -0.25) is 9.59 Å². The van der Waals surface area contributed by atoms with Crippen LogP contribution in [0.3, 0.4) is 0 Å². The van der Waals surface area contributed by atoms with Gasteiger partial charge in [0, 0.05) is 30.2 Å². The van der Waals surface area contributed by atoms with Crippen molar-refractivity contribution in [2.75, 3.05) is 26.1 Å². The van der Waals surface area contributed by atoms with Gasteiger partial charge in [-0.05, 0) is 42.0 Å². The molecule has 0 aliphatic carbocycles. The molecule has 1 aliphatic heterocycles. The van der Waals surface area contributed by atoms with Crippen LogP contribution in [0, 0.1) is 5.92 Å². The highest BCUT2D eigenvalue weighted by molar-refractivity contribution is 6.30. The number of halogens is 1. The lowest BCUT2D eigenvalue weighted by molar-refractivity contribution is -0.128. The van der Waals surface area contributed by atoms with Gasteiger partial charge in [0.25, 0.3) is 0 Å². The summed E-state index contributed by atoms with van der Waals surface area (Å²) in [7, 11) is 3.14. The molecule has 1 atom stereocenters. The Bertz CT molecular complexity index is 838. The summed E-state index contributed by atoms with van der Waals surface area (Å²) in [5, 5.41) is 3.44. The second kappa shape index (κ2) is 8.31. The molecule has 1 saturated heterocycles. The van der Waals surface area contributed by atoms with Gasteiger partial charge in [0.15, 0.2) is 11.5 Å². The molecule has 7 heteroatoms. The van der Waals surface area contributed by atoms with Gasteiger partial charge < -0.3 is 19.7 Å². The number of nitrogens with zero attached hydrogens (tertiary/aromatic N) is 1. The second-order valence-electron chi connectivity index (χ2n) is 6.36. The van der Waals surface area contributed by atoms with Crippen molar-refractivity contribution in [1.82, 2.24) is 4.90 Å². The van der Waals surface area contributed by atoms with Crippen LogP contribution < -0.4 is 14.8 Å². The lowest BCUT2D eigenvalue weighted by Crippen LogP contribution is -2.28. The van der Waals surface area contributed by atoms with E-state index in [2.05, 4.69) is 5.32 Å². The third-order valence-corrected chi connectivity index (χ3v) is 4.77. The molecule has 1 fully saturated rings. The molecule has 3 rings (SSSR count). The van der Waals surface area contributed by atoms with E-state index in [4.69, 9.17) is 21.1 Å². The van der Waals surface area contributed by atoms with Gasteiger partial charge in [-0.25, -0.2) is 0 Å². The van der Waals surface area contributed by atoms with E-state index in [1.54, 1.807) is 49.5 Å². The van der Waals surface area contributed by atoms with Gasteiger partial charge in [0.2, 0.25) is 11.8 Å². The average molecular weight is 389 g/mol. The minimum atomic E-state index is -0.381. The number of hydrogen-bond donors (Lipinski definition) is 1. The van der Waals surface area contributed by atoms with Crippen LogP contribution in [0.4, 0.5) is 5.69 Å². The van der Waals surface area contributed by atoms with Gasteiger partial charge in [0.1, 0.15) is 0 Å². The molecule has 0 bridgehead atoms. The predicted octanol–water partition coefficient (Wildman–Crippen LogP) is 3.34. The summed E-state index contributed by atoms with van der Waals surface area (Å²) in [6.07, 6.45) is 0.201. The molecule has 1 aliphatic rings. The second-order valence-corrected chi connectivity index (χ2v) is 6.80. The number of carbonyl (C=O) groups excluding carboxylic acids is 2. The number of hydrogen-bond acceptors (Lipinski definition) is 4. The molecular weight excluding hydrogens is 368 g/mol. The fourth-order valence-corrected chi connectivity index (χ4v) is 3.20. The summed E-state index contributed by atoms with van der Waals surface area (Å²) in [6.45, 7) is 0.802. The average Bonchev–Trinajstić information content (AvgIpc) is 3.04. The molecule has 2 aromatic rings. The molecule has 0 saturated carbocycles. The van der Waals surface area contributed by atoms with Gasteiger partial charge in [-0.15, -0.1) is 0 Å². The minimum Gasteiger partial charge on any atom is -0.493 e. The van der Waals surface area contributed by atoms with Crippen molar-refractivity contribution in [3.63, 3.8) is 0 Å². The van der Waals surface area contributed by atoms with E-state index >= 15 is 0 Å². The Kier molecular flexibility index (Phi) is 5.86. The van der Waals surface area contributed by atoms with Crippen LogP contribution >= 0.6 is 11.6 Å². The van der Waals surface area contributed by atoms with Crippen LogP contribution in [0.15, 0.2) is 42.5 Å². The molecule has 1 unspecified atom stereocenters. The Labute approximate surface area is 163 Å². The molecule has 2 amide bonds. The zero-order valence-corrected chi connectivity index (χ0v) is 16.0. The van der Waals surface area contributed by atoms with Crippen molar-refractivity contribution in [2.45, 2.75) is 13.0 Å². The number of likely N-dealkylation sites (tertiary alicyclic amines) is 1. The Morgan fingerprint density at radius 3 is 2.52 bits per heavy atom. The SMILES string of the molecule is COc1ccc(CN2CC(C(=O)Nc3ccc(Cl)cc3)CC2=O)cc1OC. The zero-order chi connectivity index (χ0) is 19.4. The van der Waals surface area contributed by atoms with Crippen molar-refractivity contribution < 1.29 is 19.1 Å². The summed E-state index contributed by atoms with van der Waals surface area (Å²) in [4.78, 5) is 26.5. The lowest BCUT2D eigenvalue weighted by Gasteiger charge is -2.18. The maximum absolute atomic E-state index is 12.5. The lowest BCUT2D eigenvalue weighted by atomic mass is 10.1. The summed E-state index contributed by atoms with van der Waals surface area (Å²) >= 11 is 5.85. The molecule has 1 N–H and O–H groups in total. The first-order chi connectivity index (χ1) is 13.0. The Morgan fingerprint density at radius 2 is 1.85 bits per heavy atom. The number of carbonyl (C=O) groups is 2. The van der Waals surface area contributed by atoms with E-state index in [9.17, 15) is 9.59 Å². The third kappa shape index (κ3) is 4.52. The monoisotopic (exact) mass is 388 g/mol. The highest BCUT2D eigenvalue weighted by atomic mass is 35.5. The quantitative estimate of drug-likeness (QED) is 0.824. The summed E-state index contributed by atoms with van der Waals surface area (Å²) < 4.78 is 10.5. The number of nitrogens with one attached hydrogen (secondary N) is 1. The Morgan fingerprint density at radius 1 is 1.15 bits per heavy atom. The molecule has 6 nitrogen and oxygen atoms in total. The van der Waals surface area contributed by atoms with Crippen molar-refractivity contribution in [3.8, 4) is 11.5 Å². The minimum absolute atomic E-state index is 0.0407. The molecule has 1 heterocycles. The molecule has 2 aromatic carbocycles. The number of methoxy groups -OCH3 is 2. The maximum atomic E-state index is 12.5. The van der Waals surface area contributed by atoms with E-state index in [0.717, 1.165) is 5.56 Å². The van der Waals surface area contributed by atoms with Crippen molar-refractivity contribution >= 4 is 29.1 Å². The first kappa shape index (κ1) is 19.0. The number of anilines is 1. The van der Waals surface area contributed by atoms with Crippen molar-refractivity contribution in [2.24, 2.45) is 5.92 Å². The van der Waals surface area contributed by atoms with Gasteiger partial charge in [0.05, 0.1) is 20.1 Å². The summed E-state index contributed by atoms with van der Waals surface area (Å²) in [5.74, 6) is 0.655. The molecule has 0 aromatic heterocycles. The molecule has 27 heavy (non-hydrogen) atoms. The Balaban J connectivity index is 1.63. The summed E-state index contributed by atoms with van der Waals surface area (Å²) in [6, 6.07) is 12.4. The maximum Gasteiger partial charge on any atom is 0.229 e. The van der Waals surface area contributed by atoms with E-state index < -0.39 is 0 Å². The molecular formula is C20H21ClN2O4. The number of benzene rings is 2. The van der Waals surface area contributed by atoms with Crippen LogP contribution in [0.25, 0.3) is 0 Å². The van der Waals surface area contributed by atoms with Crippen LogP contribution in [0.1, 0.15) is 12.0 Å². The normalized spacial score (nSPS) is 16.3. The van der Waals surface area contributed by atoms with E-state index in [1.807, 2.05) is 12.1 Å². The topological polar surface area (TPSA) is 67.9 Å². The van der Waals surface area contributed by atoms with Crippen LogP contribution in [0.2, 0.25) is 5.02 Å². The van der Waals surface area contributed by atoms with Gasteiger partial charge >= 0.3 is 0 Å². The van der Waals surface area contributed by atoms with Gasteiger partial charge in [-0.1, -0.05) is 17.7 Å². The van der Waals surface area contributed by atoms with Crippen molar-refractivity contribution in [1.29, 1.82) is 0 Å². The largest absolute Gasteiger partial charge is 0.493 e. The molecule has 0 spiro atoms. The predicted molar refractivity (Wildman–Crippen MR) is 103 cm³/mol. The number of amides is 2. The van der Waals surface area contributed by atoms with Crippen LogP contribution in [0.5, 0.6) is 11.5 Å². The molecule has 142 valence electrons. The molecule has 0 radical (unpaired) electrons. The number of ether oxygens (including phenoxy) is 2. The van der Waals surface area contributed by atoms with Crippen LogP contribution in [-0.4, -0.2) is 37.5 Å². The summed E-state index contributed by atoms with van der Waals surface area (Å²) in [5.41, 5.74) is 1.58. The fraction of sp³-hybridized carbons (Fsp3) is 0.300.